The van der Waals surface area contributed by atoms with Gasteiger partial charge in [0.2, 0.25) is 5.88 Å². The van der Waals surface area contributed by atoms with Crippen molar-refractivity contribution in [1.82, 2.24) is 10.2 Å². The summed E-state index contributed by atoms with van der Waals surface area (Å²) in [5, 5.41) is 3.13. The minimum atomic E-state index is -4.76. The van der Waals surface area contributed by atoms with Crippen LogP contribution in [0.15, 0.2) is 47.4 Å². The fraction of sp³-hybridized carbons (Fsp3) is 0.312. The van der Waals surface area contributed by atoms with Crippen molar-refractivity contribution in [2.75, 3.05) is 7.05 Å². The van der Waals surface area contributed by atoms with E-state index in [2.05, 4.69) is 15.0 Å². The molecule has 6 nitrogen and oxygen atoms in total. The lowest BCUT2D eigenvalue weighted by Crippen LogP contribution is -2.41. The lowest BCUT2D eigenvalue weighted by Gasteiger charge is -2.27. The van der Waals surface area contributed by atoms with Gasteiger partial charge < -0.3 is 25.4 Å². The molecular weight excluding hydrogens is 337 g/mol. The van der Waals surface area contributed by atoms with Gasteiger partial charge in [-0.15, -0.1) is 13.2 Å². The van der Waals surface area contributed by atoms with Gasteiger partial charge in [-0.3, -0.25) is 0 Å². The Bertz CT molecular complexity index is 686. The molecule has 0 bridgehead atoms. The van der Waals surface area contributed by atoms with Crippen molar-refractivity contribution >= 4 is 6.34 Å². The average Bonchev–Trinajstić information content (AvgIpc) is 2.55. The molecule has 2 rings (SSSR count). The van der Waals surface area contributed by atoms with Crippen LogP contribution in [0.1, 0.15) is 12.5 Å². The Morgan fingerprint density at radius 3 is 2.80 bits per heavy atom. The number of hydrogen-bond acceptors (Lipinski definition) is 6. The lowest BCUT2D eigenvalue weighted by molar-refractivity contribution is -0.274. The molecule has 0 radical (unpaired) electrons. The molecule has 3 N–H and O–H groups in total. The Morgan fingerprint density at radius 1 is 1.40 bits per heavy atom. The molecule has 1 heterocycles. The van der Waals surface area contributed by atoms with Crippen LogP contribution in [-0.2, 0) is 6.54 Å². The van der Waals surface area contributed by atoms with Crippen LogP contribution in [0.5, 0.6) is 11.5 Å². The van der Waals surface area contributed by atoms with E-state index >= 15 is 0 Å². The standard InChI is InChI=1S/C16H19F3N4O2/c1-3-6-21-14-8-15(22-10-23(14)2)24-13-5-4-12(7-11(13)9-20)25-16(17,18)19/h3-8,10,14,21H,9,20H2,1-2H3/b6-3+. The maximum atomic E-state index is 12.3. The number of halogens is 3. The van der Waals surface area contributed by atoms with Gasteiger partial charge in [-0.05, 0) is 31.3 Å². The summed E-state index contributed by atoms with van der Waals surface area (Å²) in [7, 11) is 1.84. The number of nitrogens with two attached hydrogens (primary N) is 1. The van der Waals surface area contributed by atoms with Crippen LogP contribution in [0.25, 0.3) is 0 Å². The molecule has 136 valence electrons. The molecule has 0 aliphatic carbocycles. The molecule has 0 fully saturated rings. The summed E-state index contributed by atoms with van der Waals surface area (Å²) < 4.78 is 46.5. The molecule has 1 atom stereocenters. The van der Waals surface area contributed by atoms with Crippen molar-refractivity contribution in [2.24, 2.45) is 10.7 Å². The summed E-state index contributed by atoms with van der Waals surface area (Å²) >= 11 is 0. The van der Waals surface area contributed by atoms with Gasteiger partial charge in [0, 0.05) is 25.2 Å². The topological polar surface area (TPSA) is 72.1 Å². The number of ether oxygens (including phenoxy) is 2. The van der Waals surface area contributed by atoms with Crippen LogP contribution in [0.4, 0.5) is 13.2 Å². The number of nitrogens with zero attached hydrogens (tertiary/aromatic N) is 2. The summed E-state index contributed by atoms with van der Waals surface area (Å²) in [6.45, 7) is 1.87. The second kappa shape index (κ2) is 7.93. The number of likely N-dealkylation sites (N-methyl/N-ethyl adjacent to an activating group) is 1. The monoisotopic (exact) mass is 356 g/mol. The van der Waals surface area contributed by atoms with Crippen molar-refractivity contribution in [3.63, 3.8) is 0 Å². The first kappa shape index (κ1) is 18.7. The van der Waals surface area contributed by atoms with E-state index in [9.17, 15) is 13.2 Å². The highest BCUT2D eigenvalue weighted by Crippen LogP contribution is 2.29. The fourth-order valence-corrected chi connectivity index (χ4v) is 2.06. The van der Waals surface area contributed by atoms with E-state index in [1.165, 1.54) is 12.1 Å². The maximum absolute atomic E-state index is 12.3. The Balaban J connectivity index is 2.17. The van der Waals surface area contributed by atoms with Crippen LogP contribution >= 0.6 is 0 Å². The Hall–Kier alpha value is -2.68. The van der Waals surface area contributed by atoms with Gasteiger partial charge >= 0.3 is 6.36 Å². The minimum Gasteiger partial charge on any atom is -0.439 e. The van der Waals surface area contributed by atoms with Gasteiger partial charge in [-0.25, -0.2) is 4.99 Å². The van der Waals surface area contributed by atoms with E-state index in [1.807, 2.05) is 24.9 Å². The van der Waals surface area contributed by atoms with Crippen molar-refractivity contribution in [2.45, 2.75) is 26.0 Å². The molecule has 1 unspecified atom stereocenters. The highest BCUT2D eigenvalue weighted by molar-refractivity contribution is 5.59. The van der Waals surface area contributed by atoms with Gasteiger partial charge in [0.05, 0.1) is 6.34 Å². The molecule has 1 aliphatic rings. The van der Waals surface area contributed by atoms with Crippen molar-refractivity contribution in [1.29, 1.82) is 0 Å². The highest BCUT2D eigenvalue weighted by Gasteiger charge is 2.31. The van der Waals surface area contributed by atoms with E-state index in [1.54, 1.807) is 18.6 Å². The first-order valence-electron chi connectivity index (χ1n) is 7.44. The van der Waals surface area contributed by atoms with E-state index in [0.29, 0.717) is 17.2 Å². The molecule has 1 aliphatic heterocycles. The number of allylic oxidation sites excluding steroid dienone is 1. The SMILES string of the molecule is C/C=C/NC1C=C(Oc2ccc(OC(F)(F)F)cc2CN)N=CN1C. The normalized spacial score (nSPS) is 17.6. The van der Waals surface area contributed by atoms with Crippen LogP contribution in [0, 0.1) is 0 Å². The molecule has 0 saturated heterocycles. The first-order valence-corrected chi connectivity index (χ1v) is 7.44. The highest BCUT2D eigenvalue weighted by atomic mass is 19.4. The second-order valence-electron chi connectivity index (χ2n) is 5.15. The maximum Gasteiger partial charge on any atom is 0.573 e. The molecule has 1 aromatic rings. The quantitative estimate of drug-likeness (QED) is 0.820. The Labute approximate surface area is 143 Å². The van der Waals surface area contributed by atoms with Gasteiger partial charge in [-0.1, -0.05) is 6.08 Å². The van der Waals surface area contributed by atoms with Crippen molar-refractivity contribution in [3.8, 4) is 11.5 Å². The van der Waals surface area contributed by atoms with Crippen LogP contribution < -0.4 is 20.5 Å². The zero-order chi connectivity index (χ0) is 18.4. The molecule has 0 saturated carbocycles. The largest absolute Gasteiger partial charge is 0.573 e. The summed E-state index contributed by atoms with van der Waals surface area (Å²) in [5.74, 6) is 0.267. The first-order chi connectivity index (χ1) is 11.8. The number of rotatable bonds is 6. The lowest BCUT2D eigenvalue weighted by atomic mass is 10.2. The van der Waals surface area contributed by atoms with Gasteiger partial charge in [0.25, 0.3) is 0 Å². The van der Waals surface area contributed by atoms with Gasteiger partial charge in [0.15, 0.2) is 0 Å². The predicted octanol–water partition coefficient (Wildman–Crippen LogP) is 2.69. The Kier molecular flexibility index (Phi) is 5.92. The van der Waals surface area contributed by atoms with Gasteiger partial charge in [0.1, 0.15) is 17.7 Å². The third-order valence-electron chi connectivity index (χ3n) is 3.24. The number of hydrogen-bond donors (Lipinski definition) is 2. The van der Waals surface area contributed by atoms with Crippen LogP contribution in [0.2, 0.25) is 0 Å². The molecule has 9 heteroatoms. The number of alkyl halides is 3. The van der Waals surface area contributed by atoms with E-state index in [0.717, 1.165) is 6.07 Å². The number of aliphatic imine (C=N–C) groups is 1. The van der Waals surface area contributed by atoms with Crippen molar-refractivity contribution < 1.29 is 22.6 Å². The van der Waals surface area contributed by atoms with E-state index < -0.39 is 6.36 Å². The summed E-state index contributed by atoms with van der Waals surface area (Å²) in [6.07, 6.45) is 2.02. The van der Waals surface area contributed by atoms with Crippen molar-refractivity contribution in [3.05, 3.63) is 48.0 Å². The molecule has 1 aromatic carbocycles. The molecular formula is C16H19F3N4O2. The molecule has 0 amide bonds. The summed E-state index contributed by atoms with van der Waals surface area (Å²) in [6, 6.07) is 3.72. The minimum absolute atomic E-state index is 0.0124. The predicted molar refractivity (Wildman–Crippen MR) is 87.7 cm³/mol. The zero-order valence-corrected chi connectivity index (χ0v) is 13.7. The fourth-order valence-electron chi connectivity index (χ4n) is 2.06. The third kappa shape index (κ3) is 5.42. The zero-order valence-electron chi connectivity index (χ0n) is 13.7. The molecule has 0 aromatic heterocycles. The van der Waals surface area contributed by atoms with Gasteiger partial charge in [-0.2, -0.15) is 0 Å². The number of benzene rings is 1. The third-order valence-corrected chi connectivity index (χ3v) is 3.24. The number of nitrogens with one attached hydrogen (secondary N) is 1. The smallest absolute Gasteiger partial charge is 0.439 e. The van der Waals surface area contributed by atoms with Crippen LogP contribution in [0.3, 0.4) is 0 Å². The Morgan fingerprint density at radius 2 is 2.16 bits per heavy atom. The molecule has 0 spiro atoms. The summed E-state index contributed by atoms with van der Waals surface area (Å²) in [4.78, 5) is 5.98. The summed E-state index contributed by atoms with van der Waals surface area (Å²) in [5.41, 5.74) is 5.97. The average molecular weight is 356 g/mol. The van der Waals surface area contributed by atoms with E-state index in [-0.39, 0.29) is 18.5 Å². The molecule has 25 heavy (non-hydrogen) atoms. The van der Waals surface area contributed by atoms with E-state index in [4.69, 9.17) is 10.5 Å². The second-order valence-corrected chi connectivity index (χ2v) is 5.15. The van der Waals surface area contributed by atoms with Crippen LogP contribution in [-0.4, -0.2) is 30.8 Å².